The van der Waals surface area contributed by atoms with Gasteiger partial charge in [-0.2, -0.15) is 11.8 Å². The molecule has 0 radical (unpaired) electrons. The van der Waals surface area contributed by atoms with Crippen LogP contribution in [0.15, 0.2) is 18.5 Å². The van der Waals surface area contributed by atoms with Crippen molar-refractivity contribution in [2.45, 2.75) is 13.8 Å². The van der Waals surface area contributed by atoms with E-state index in [2.05, 4.69) is 15.2 Å². The van der Waals surface area contributed by atoms with Gasteiger partial charge in [0, 0.05) is 24.6 Å². The number of aromatic nitrogens is 3. The van der Waals surface area contributed by atoms with Gasteiger partial charge in [0.25, 0.3) is 0 Å². The lowest BCUT2D eigenvalue weighted by molar-refractivity contribution is -0.125. The van der Waals surface area contributed by atoms with E-state index in [0.29, 0.717) is 15.7 Å². The first-order valence-corrected chi connectivity index (χ1v) is 8.77. The SMILES string of the molecule is CSCC(C)(C)C(=O)N(C)c1nnc(-c2cncc(F)c2)s1. The number of carbonyl (C=O) groups is 1. The molecule has 0 saturated carbocycles. The van der Waals surface area contributed by atoms with E-state index in [1.807, 2.05) is 20.1 Å². The second-order valence-corrected chi connectivity index (χ2v) is 7.28. The first kappa shape index (κ1) is 16.8. The maximum Gasteiger partial charge on any atom is 0.235 e. The van der Waals surface area contributed by atoms with Gasteiger partial charge in [-0.15, -0.1) is 10.2 Å². The van der Waals surface area contributed by atoms with E-state index in [0.717, 1.165) is 11.9 Å². The molecule has 22 heavy (non-hydrogen) atoms. The molecule has 0 unspecified atom stereocenters. The van der Waals surface area contributed by atoms with Crippen molar-refractivity contribution in [3.05, 3.63) is 24.3 Å². The van der Waals surface area contributed by atoms with Gasteiger partial charge in [-0.05, 0) is 12.3 Å². The molecule has 2 rings (SSSR count). The summed E-state index contributed by atoms with van der Waals surface area (Å²) in [6.07, 6.45) is 4.62. The molecule has 0 aromatic carbocycles. The van der Waals surface area contributed by atoms with Gasteiger partial charge in [0.1, 0.15) is 5.82 Å². The van der Waals surface area contributed by atoms with Crippen LogP contribution in [0.5, 0.6) is 0 Å². The highest BCUT2D eigenvalue weighted by Gasteiger charge is 2.32. The van der Waals surface area contributed by atoms with Gasteiger partial charge in [-0.3, -0.25) is 14.7 Å². The number of amides is 1. The summed E-state index contributed by atoms with van der Waals surface area (Å²) in [5, 5.41) is 9.07. The van der Waals surface area contributed by atoms with Crippen molar-refractivity contribution in [3.63, 3.8) is 0 Å². The smallest absolute Gasteiger partial charge is 0.235 e. The van der Waals surface area contributed by atoms with E-state index in [-0.39, 0.29) is 5.91 Å². The molecule has 0 saturated heterocycles. The highest BCUT2D eigenvalue weighted by atomic mass is 32.2. The summed E-state index contributed by atoms with van der Waals surface area (Å²) >= 11 is 2.86. The number of rotatable bonds is 5. The third-order valence-corrected chi connectivity index (χ3v) is 5.10. The lowest BCUT2D eigenvalue weighted by Gasteiger charge is -2.26. The minimum absolute atomic E-state index is 0.0260. The Bertz CT molecular complexity index is 674. The predicted octanol–water partition coefficient (Wildman–Crippen LogP) is 3.09. The molecule has 2 aromatic rings. The van der Waals surface area contributed by atoms with Crippen molar-refractivity contribution in [3.8, 4) is 10.6 Å². The van der Waals surface area contributed by atoms with Crippen molar-refractivity contribution >= 4 is 34.1 Å². The molecule has 0 aliphatic carbocycles. The van der Waals surface area contributed by atoms with Gasteiger partial charge >= 0.3 is 0 Å². The van der Waals surface area contributed by atoms with Gasteiger partial charge < -0.3 is 0 Å². The second-order valence-electron chi connectivity index (χ2n) is 5.46. The summed E-state index contributed by atoms with van der Waals surface area (Å²) in [5.74, 6) is 0.261. The molecule has 0 fully saturated rings. The lowest BCUT2D eigenvalue weighted by Crippen LogP contribution is -2.40. The summed E-state index contributed by atoms with van der Waals surface area (Å²) in [7, 11) is 1.68. The summed E-state index contributed by atoms with van der Waals surface area (Å²) < 4.78 is 13.2. The number of carbonyl (C=O) groups excluding carboxylic acids is 1. The van der Waals surface area contributed by atoms with E-state index in [9.17, 15) is 9.18 Å². The molecule has 0 atom stereocenters. The lowest BCUT2D eigenvalue weighted by atomic mass is 9.95. The van der Waals surface area contributed by atoms with E-state index in [4.69, 9.17) is 0 Å². The van der Waals surface area contributed by atoms with Crippen molar-refractivity contribution in [1.29, 1.82) is 0 Å². The molecule has 5 nitrogen and oxygen atoms in total. The van der Waals surface area contributed by atoms with Crippen LogP contribution >= 0.6 is 23.1 Å². The zero-order valence-electron chi connectivity index (χ0n) is 12.8. The molecule has 118 valence electrons. The maximum atomic E-state index is 13.2. The number of nitrogens with zero attached hydrogens (tertiary/aromatic N) is 4. The maximum absolute atomic E-state index is 13.2. The molecule has 0 aliphatic rings. The number of hydrogen-bond acceptors (Lipinski definition) is 6. The second kappa shape index (κ2) is 6.70. The number of thioether (sulfide) groups is 1. The number of halogens is 1. The highest BCUT2D eigenvalue weighted by Crippen LogP contribution is 2.31. The van der Waals surface area contributed by atoms with Crippen molar-refractivity contribution < 1.29 is 9.18 Å². The van der Waals surface area contributed by atoms with Gasteiger partial charge in [0.05, 0.1) is 11.6 Å². The van der Waals surface area contributed by atoms with E-state index >= 15 is 0 Å². The third kappa shape index (κ3) is 3.61. The standard InChI is InChI=1S/C14H17FN4OS2/c1-14(2,8-21-4)12(20)19(3)13-18-17-11(22-13)9-5-10(15)7-16-6-9/h5-7H,8H2,1-4H3. The number of anilines is 1. The van der Waals surface area contributed by atoms with Crippen LogP contribution < -0.4 is 4.90 Å². The van der Waals surface area contributed by atoms with Gasteiger partial charge in [0.15, 0.2) is 5.01 Å². The monoisotopic (exact) mass is 340 g/mol. The van der Waals surface area contributed by atoms with Crippen LogP contribution in [0.4, 0.5) is 9.52 Å². The van der Waals surface area contributed by atoms with Crippen LogP contribution in [0, 0.1) is 11.2 Å². The van der Waals surface area contributed by atoms with Crippen LogP contribution in [0.25, 0.3) is 10.6 Å². The normalized spacial score (nSPS) is 11.5. The average molecular weight is 340 g/mol. The Balaban J connectivity index is 2.22. The van der Waals surface area contributed by atoms with E-state index in [1.165, 1.54) is 28.5 Å². The molecule has 0 bridgehead atoms. The highest BCUT2D eigenvalue weighted by molar-refractivity contribution is 7.98. The van der Waals surface area contributed by atoms with Crippen LogP contribution in [0.1, 0.15) is 13.8 Å². The van der Waals surface area contributed by atoms with Gasteiger partial charge in [-0.25, -0.2) is 4.39 Å². The summed E-state index contributed by atoms with van der Waals surface area (Å²) in [4.78, 5) is 17.8. The van der Waals surface area contributed by atoms with Crippen LogP contribution in [-0.4, -0.2) is 40.1 Å². The van der Waals surface area contributed by atoms with Crippen LogP contribution in [0.2, 0.25) is 0 Å². The Morgan fingerprint density at radius 2 is 2.14 bits per heavy atom. The van der Waals surface area contributed by atoms with Crippen molar-refractivity contribution in [2.75, 3.05) is 24.0 Å². The summed E-state index contributed by atoms with van der Waals surface area (Å²) in [6, 6.07) is 1.34. The Kier molecular flexibility index (Phi) is 5.12. The predicted molar refractivity (Wildman–Crippen MR) is 88.7 cm³/mol. The Labute approximate surface area is 137 Å². The minimum atomic E-state index is -0.486. The first-order chi connectivity index (χ1) is 10.3. The van der Waals surface area contributed by atoms with Crippen molar-refractivity contribution in [2.24, 2.45) is 5.41 Å². The average Bonchev–Trinajstić information content (AvgIpc) is 2.95. The molecule has 0 spiro atoms. The quantitative estimate of drug-likeness (QED) is 0.837. The molecular formula is C14H17FN4OS2. The van der Waals surface area contributed by atoms with Crippen LogP contribution in [0.3, 0.4) is 0 Å². The topological polar surface area (TPSA) is 59.0 Å². The third-order valence-electron chi connectivity index (χ3n) is 3.04. The molecule has 1 amide bonds. The summed E-state index contributed by atoms with van der Waals surface area (Å²) in [5.41, 5.74) is 0.0633. The van der Waals surface area contributed by atoms with Gasteiger partial charge in [-0.1, -0.05) is 25.2 Å². The van der Waals surface area contributed by atoms with E-state index < -0.39 is 11.2 Å². The molecule has 0 aliphatic heterocycles. The zero-order chi connectivity index (χ0) is 16.3. The Morgan fingerprint density at radius 1 is 1.41 bits per heavy atom. The molecule has 2 heterocycles. The van der Waals surface area contributed by atoms with E-state index in [1.54, 1.807) is 18.8 Å². The fraction of sp³-hybridized carbons (Fsp3) is 0.429. The molecule has 0 N–H and O–H groups in total. The van der Waals surface area contributed by atoms with Crippen molar-refractivity contribution in [1.82, 2.24) is 15.2 Å². The fourth-order valence-electron chi connectivity index (χ4n) is 1.96. The largest absolute Gasteiger partial charge is 0.289 e. The molecule has 8 heteroatoms. The molecule has 2 aromatic heterocycles. The number of pyridine rings is 1. The number of hydrogen-bond donors (Lipinski definition) is 0. The van der Waals surface area contributed by atoms with Crippen LogP contribution in [-0.2, 0) is 4.79 Å². The Hall–Kier alpha value is -1.54. The fourth-order valence-corrected chi connectivity index (χ4v) is 3.59. The Morgan fingerprint density at radius 3 is 2.77 bits per heavy atom. The molecular weight excluding hydrogens is 323 g/mol. The summed E-state index contributed by atoms with van der Waals surface area (Å²) in [6.45, 7) is 3.81. The first-order valence-electron chi connectivity index (χ1n) is 6.56. The minimum Gasteiger partial charge on any atom is -0.289 e. The van der Waals surface area contributed by atoms with Gasteiger partial charge in [0.2, 0.25) is 11.0 Å². The zero-order valence-corrected chi connectivity index (χ0v) is 14.5.